The van der Waals surface area contributed by atoms with Crippen LogP contribution in [0.15, 0.2) is 30.3 Å². The smallest absolute Gasteiger partial charge is 0.0661 e. The zero-order valence-electron chi connectivity index (χ0n) is 9.99. The van der Waals surface area contributed by atoms with E-state index in [0.29, 0.717) is 6.04 Å². The van der Waals surface area contributed by atoms with E-state index in [1.165, 1.54) is 24.8 Å². The van der Waals surface area contributed by atoms with Crippen LogP contribution < -0.4 is 5.32 Å². The average Bonchev–Trinajstić information content (AvgIpc) is 3.14. The molecule has 2 heteroatoms. The number of rotatable bonds is 7. The third kappa shape index (κ3) is 3.62. The molecule has 0 heterocycles. The van der Waals surface area contributed by atoms with Gasteiger partial charge in [0.05, 0.1) is 12.6 Å². The van der Waals surface area contributed by atoms with Crippen molar-refractivity contribution in [2.45, 2.75) is 25.3 Å². The van der Waals surface area contributed by atoms with Crippen LogP contribution in [-0.2, 0) is 4.74 Å². The van der Waals surface area contributed by atoms with Crippen molar-refractivity contribution in [2.24, 2.45) is 5.92 Å². The van der Waals surface area contributed by atoms with Gasteiger partial charge in [-0.05, 0) is 24.9 Å². The van der Waals surface area contributed by atoms with Crippen LogP contribution in [0.1, 0.15) is 30.9 Å². The lowest BCUT2D eigenvalue weighted by Gasteiger charge is -2.16. The lowest BCUT2D eigenvalue weighted by Crippen LogP contribution is -2.22. The number of hydrogen-bond acceptors (Lipinski definition) is 2. The Balaban J connectivity index is 1.72. The van der Waals surface area contributed by atoms with Gasteiger partial charge < -0.3 is 10.1 Å². The van der Waals surface area contributed by atoms with Crippen molar-refractivity contribution >= 4 is 0 Å². The molecule has 0 spiro atoms. The molecule has 2 nitrogen and oxygen atoms in total. The van der Waals surface area contributed by atoms with E-state index in [9.17, 15) is 0 Å². The summed E-state index contributed by atoms with van der Waals surface area (Å²) in [7, 11) is 1.99. The van der Waals surface area contributed by atoms with Crippen molar-refractivity contribution < 1.29 is 4.74 Å². The summed E-state index contributed by atoms with van der Waals surface area (Å²) in [5.74, 6) is 0.963. The first-order valence-electron chi connectivity index (χ1n) is 6.20. The molecule has 1 saturated carbocycles. The topological polar surface area (TPSA) is 21.3 Å². The van der Waals surface area contributed by atoms with Crippen molar-refractivity contribution in [3.05, 3.63) is 35.9 Å². The van der Waals surface area contributed by atoms with E-state index in [-0.39, 0.29) is 0 Å². The normalized spacial score (nSPS) is 17.3. The van der Waals surface area contributed by atoms with E-state index in [4.69, 9.17) is 4.74 Å². The Morgan fingerprint density at radius 1 is 1.31 bits per heavy atom. The second-order valence-electron chi connectivity index (χ2n) is 4.56. The Bertz CT molecular complexity index is 295. The fourth-order valence-corrected chi connectivity index (χ4v) is 1.89. The highest BCUT2D eigenvalue weighted by atomic mass is 16.5. The number of nitrogens with one attached hydrogen (secondary N) is 1. The van der Waals surface area contributed by atoms with Crippen LogP contribution in [0.4, 0.5) is 0 Å². The van der Waals surface area contributed by atoms with E-state index in [1.807, 2.05) is 13.1 Å². The Hall–Kier alpha value is -0.860. The van der Waals surface area contributed by atoms with E-state index >= 15 is 0 Å². The van der Waals surface area contributed by atoms with Gasteiger partial charge in [-0.25, -0.2) is 0 Å². The summed E-state index contributed by atoms with van der Waals surface area (Å²) < 4.78 is 5.73. The Morgan fingerprint density at radius 3 is 2.69 bits per heavy atom. The Labute approximate surface area is 98.0 Å². The molecule has 1 aromatic carbocycles. The number of benzene rings is 1. The summed E-state index contributed by atoms with van der Waals surface area (Å²) in [6.45, 7) is 1.68. The standard InChI is InChI=1S/C14H21NO/c1-15-14(13-5-3-2-4-6-13)11-16-10-9-12-7-8-12/h2-6,12,14-15H,7-11H2,1H3. The third-order valence-corrected chi connectivity index (χ3v) is 3.20. The van der Waals surface area contributed by atoms with Gasteiger partial charge in [0.1, 0.15) is 0 Å². The third-order valence-electron chi connectivity index (χ3n) is 3.20. The average molecular weight is 219 g/mol. The lowest BCUT2D eigenvalue weighted by atomic mass is 10.1. The van der Waals surface area contributed by atoms with Crippen LogP contribution >= 0.6 is 0 Å². The molecular formula is C14H21NO. The van der Waals surface area contributed by atoms with Crippen LogP contribution in [0.3, 0.4) is 0 Å². The molecule has 1 aromatic rings. The van der Waals surface area contributed by atoms with E-state index in [2.05, 4.69) is 29.6 Å². The molecule has 16 heavy (non-hydrogen) atoms. The maximum Gasteiger partial charge on any atom is 0.0661 e. The number of likely N-dealkylation sites (N-methyl/N-ethyl adjacent to an activating group) is 1. The van der Waals surface area contributed by atoms with Crippen LogP contribution in [-0.4, -0.2) is 20.3 Å². The first-order chi connectivity index (χ1) is 7.90. The van der Waals surface area contributed by atoms with Crippen LogP contribution in [0.2, 0.25) is 0 Å². The van der Waals surface area contributed by atoms with Crippen molar-refractivity contribution in [1.29, 1.82) is 0 Å². The Kier molecular flexibility index (Phi) is 4.37. The predicted octanol–water partition coefficient (Wildman–Crippen LogP) is 2.76. The monoisotopic (exact) mass is 219 g/mol. The van der Waals surface area contributed by atoms with E-state index < -0.39 is 0 Å². The van der Waals surface area contributed by atoms with Gasteiger partial charge in [-0.3, -0.25) is 0 Å². The molecule has 0 aliphatic heterocycles. The summed E-state index contributed by atoms with van der Waals surface area (Å²) in [5, 5.41) is 3.30. The minimum Gasteiger partial charge on any atom is -0.379 e. The van der Waals surface area contributed by atoms with Crippen molar-refractivity contribution in [2.75, 3.05) is 20.3 Å². The van der Waals surface area contributed by atoms with E-state index in [1.54, 1.807) is 0 Å². The molecule has 1 N–H and O–H groups in total. The second-order valence-corrected chi connectivity index (χ2v) is 4.56. The molecule has 1 fully saturated rings. The minimum absolute atomic E-state index is 0.320. The molecule has 2 rings (SSSR count). The minimum atomic E-state index is 0.320. The number of ether oxygens (including phenoxy) is 1. The molecule has 0 aromatic heterocycles. The quantitative estimate of drug-likeness (QED) is 0.712. The largest absolute Gasteiger partial charge is 0.379 e. The summed E-state index contributed by atoms with van der Waals surface area (Å²) in [6.07, 6.45) is 4.07. The number of hydrogen-bond donors (Lipinski definition) is 1. The zero-order chi connectivity index (χ0) is 11.2. The van der Waals surface area contributed by atoms with Gasteiger partial charge in [0, 0.05) is 6.61 Å². The maximum absolute atomic E-state index is 5.73. The summed E-state index contributed by atoms with van der Waals surface area (Å²) >= 11 is 0. The van der Waals surface area contributed by atoms with Crippen LogP contribution in [0, 0.1) is 5.92 Å². The fraction of sp³-hybridized carbons (Fsp3) is 0.571. The van der Waals surface area contributed by atoms with Crippen LogP contribution in [0.25, 0.3) is 0 Å². The molecule has 1 unspecified atom stereocenters. The first-order valence-corrected chi connectivity index (χ1v) is 6.20. The molecular weight excluding hydrogens is 198 g/mol. The molecule has 0 radical (unpaired) electrons. The van der Waals surface area contributed by atoms with Gasteiger partial charge in [-0.2, -0.15) is 0 Å². The SMILES string of the molecule is CNC(COCCC1CC1)c1ccccc1. The summed E-state index contributed by atoms with van der Waals surface area (Å²) in [6, 6.07) is 10.8. The van der Waals surface area contributed by atoms with Gasteiger partial charge >= 0.3 is 0 Å². The summed E-state index contributed by atoms with van der Waals surface area (Å²) in [4.78, 5) is 0. The maximum atomic E-state index is 5.73. The van der Waals surface area contributed by atoms with E-state index in [0.717, 1.165) is 19.1 Å². The van der Waals surface area contributed by atoms with Crippen molar-refractivity contribution in [3.63, 3.8) is 0 Å². The molecule has 88 valence electrons. The highest BCUT2D eigenvalue weighted by molar-refractivity contribution is 5.18. The van der Waals surface area contributed by atoms with Gasteiger partial charge in [0.25, 0.3) is 0 Å². The van der Waals surface area contributed by atoms with Crippen molar-refractivity contribution in [1.82, 2.24) is 5.32 Å². The Morgan fingerprint density at radius 2 is 2.06 bits per heavy atom. The highest BCUT2D eigenvalue weighted by Crippen LogP contribution is 2.32. The molecule has 1 atom stereocenters. The van der Waals surface area contributed by atoms with Crippen LogP contribution in [0.5, 0.6) is 0 Å². The van der Waals surface area contributed by atoms with Gasteiger partial charge in [0.2, 0.25) is 0 Å². The van der Waals surface area contributed by atoms with Gasteiger partial charge in [-0.15, -0.1) is 0 Å². The predicted molar refractivity (Wildman–Crippen MR) is 66.4 cm³/mol. The fourth-order valence-electron chi connectivity index (χ4n) is 1.89. The summed E-state index contributed by atoms with van der Waals surface area (Å²) in [5.41, 5.74) is 1.30. The second kappa shape index (κ2) is 6.02. The zero-order valence-corrected chi connectivity index (χ0v) is 9.99. The molecule has 0 bridgehead atoms. The lowest BCUT2D eigenvalue weighted by molar-refractivity contribution is 0.108. The molecule has 0 amide bonds. The molecule has 0 saturated heterocycles. The van der Waals surface area contributed by atoms with Gasteiger partial charge in [-0.1, -0.05) is 43.2 Å². The van der Waals surface area contributed by atoms with Gasteiger partial charge in [0.15, 0.2) is 0 Å². The van der Waals surface area contributed by atoms with Crippen molar-refractivity contribution in [3.8, 4) is 0 Å². The first kappa shape index (κ1) is 11.6. The molecule has 1 aliphatic rings. The highest BCUT2D eigenvalue weighted by Gasteiger charge is 2.20. The molecule has 1 aliphatic carbocycles.